The Morgan fingerprint density at radius 3 is 2.93 bits per heavy atom. The molecule has 14 heavy (non-hydrogen) atoms. The normalized spacial score (nSPS) is 14.3. The highest BCUT2D eigenvalue weighted by atomic mass is 32.1. The van der Waals surface area contributed by atoms with Crippen molar-refractivity contribution in [3.05, 3.63) is 47.2 Å². The number of hydrogen-bond acceptors (Lipinski definition) is 3. The minimum Gasteiger partial charge on any atom is -0.417 e. The first kappa shape index (κ1) is 9.09. The van der Waals surface area contributed by atoms with Crippen LogP contribution in [0.25, 0.3) is 0 Å². The summed E-state index contributed by atoms with van der Waals surface area (Å²) in [6.07, 6.45) is 2.54. The minimum absolute atomic E-state index is 0.439. The number of hydrogen-bond donors (Lipinski definition) is 0. The molecule has 0 aliphatic heterocycles. The van der Waals surface area contributed by atoms with Gasteiger partial charge in [0.2, 0.25) is 0 Å². The van der Waals surface area contributed by atoms with E-state index in [4.69, 9.17) is 12.2 Å². The molecule has 0 N–H and O–H groups in total. The van der Waals surface area contributed by atoms with E-state index in [1.165, 1.54) is 6.47 Å². The maximum absolute atomic E-state index is 10.1. The number of thiocarbonyl (C=S) groups is 1. The Morgan fingerprint density at radius 2 is 2.14 bits per heavy atom. The molecule has 0 spiro atoms. The fourth-order valence-electron chi connectivity index (χ4n) is 1.48. The Labute approximate surface area is 87.2 Å². The summed E-state index contributed by atoms with van der Waals surface area (Å²) in [4.78, 5) is 10.7. The second kappa shape index (κ2) is 3.72. The Morgan fingerprint density at radius 1 is 1.36 bits per heavy atom. The Bertz CT molecular complexity index is 421. The fourth-order valence-corrected chi connectivity index (χ4v) is 1.80. The molecule has 1 aliphatic rings. The monoisotopic (exact) mass is 203 g/mol. The first-order valence-corrected chi connectivity index (χ1v) is 4.60. The lowest BCUT2D eigenvalue weighted by molar-refractivity contribution is 0.381. The van der Waals surface area contributed by atoms with Gasteiger partial charge in [-0.2, -0.15) is 0 Å². The van der Waals surface area contributed by atoms with Crippen LogP contribution in [0.1, 0.15) is 11.1 Å². The van der Waals surface area contributed by atoms with E-state index in [0.717, 1.165) is 17.5 Å². The number of rotatable bonds is 2. The summed E-state index contributed by atoms with van der Waals surface area (Å²) >= 11 is 5.18. The van der Waals surface area contributed by atoms with Crippen LogP contribution >= 0.6 is 12.2 Å². The van der Waals surface area contributed by atoms with E-state index in [0.29, 0.717) is 10.6 Å². The molecule has 1 radical (unpaired) electrons. The molecule has 2 nitrogen and oxygen atoms in total. The molecule has 0 aromatic heterocycles. The molecule has 0 amide bonds. The third-order valence-electron chi connectivity index (χ3n) is 2.14. The maximum Gasteiger partial charge on any atom is 0.423 e. The van der Waals surface area contributed by atoms with Crippen molar-refractivity contribution in [3.8, 4) is 0 Å². The molecule has 3 heteroatoms. The molecule has 0 saturated heterocycles. The molecular weight excluding hydrogens is 196 g/mol. The zero-order chi connectivity index (χ0) is 9.97. The van der Waals surface area contributed by atoms with E-state index in [1.807, 2.05) is 24.3 Å². The van der Waals surface area contributed by atoms with Crippen molar-refractivity contribution in [2.24, 2.45) is 0 Å². The summed E-state index contributed by atoms with van der Waals surface area (Å²) in [7, 11) is 0. The quantitative estimate of drug-likeness (QED) is 0.687. The molecule has 1 aliphatic carbocycles. The Balaban J connectivity index is 2.39. The predicted octanol–water partition coefficient (Wildman–Crippen LogP) is 1.93. The van der Waals surface area contributed by atoms with Crippen LogP contribution < -0.4 is 0 Å². The molecule has 0 heterocycles. The van der Waals surface area contributed by atoms with Gasteiger partial charge in [-0.1, -0.05) is 36.5 Å². The van der Waals surface area contributed by atoms with Crippen LogP contribution in [0.4, 0.5) is 0 Å². The SMILES string of the molecule is O=[C]OC1=CCc2ccccc2C1=S. The predicted molar refractivity (Wildman–Crippen MR) is 56.7 cm³/mol. The summed E-state index contributed by atoms with van der Waals surface area (Å²) in [5.41, 5.74) is 2.13. The lowest BCUT2D eigenvalue weighted by atomic mass is 9.96. The Kier molecular flexibility index (Phi) is 2.41. The Hall–Kier alpha value is -1.48. The van der Waals surface area contributed by atoms with Gasteiger partial charge < -0.3 is 4.74 Å². The van der Waals surface area contributed by atoms with Gasteiger partial charge in [-0.05, 0) is 23.6 Å². The van der Waals surface area contributed by atoms with Crippen LogP contribution in [0, 0.1) is 0 Å². The minimum atomic E-state index is 0.439. The lowest BCUT2D eigenvalue weighted by Crippen LogP contribution is -2.12. The van der Waals surface area contributed by atoms with Gasteiger partial charge in [-0.3, -0.25) is 0 Å². The van der Waals surface area contributed by atoms with Gasteiger partial charge in [0.1, 0.15) is 5.76 Å². The van der Waals surface area contributed by atoms with E-state index < -0.39 is 0 Å². The van der Waals surface area contributed by atoms with Gasteiger partial charge in [0.15, 0.2) is 0 Å². The van der Waals surface area contributed by atoms with Gasteiger partial charge in [-0.25, -0.2) is 4.79 Å². The highest BCUT2D eigenvalue weighted by Crippen LogP contribution is 2.21. The summed E-state index contributed by atoms with van der Waals surface area (Å²) in [6, 6.07) is 7.82. The smallest absolute Gasteiger partial charge is 0.417 e. The molecule has 0 bridgehead atoms. The number of ether oxygens (including phenoxy) is 1. The number of carbonyl (C=O) groups excluding carboxylic acids is 1. The molecule has 1 aromatic carbocycles. The highest BCUT2D eigenvalue weighted by molar-refractivity contribution is 7.81. The van der Waals surface area contributed by atoms with Crippen molar-refractivity contribution < 1.29 is 9.53 Å². The van der Waals surface area contributed by atoms with E-state index in [2.05, 4.69) is 4.74 Å². The maximum atomic E-state index is 10.1. The molecule has 0 unspecified atom stereocenters. The summed E-state index contributed by atoms with van der Waals surface area (Å²) in [5.74, 6) is 0.439. The van der Waals surface area contributed by atoms with E-state index in [9.17, 15) is 4.79 Å². The zero-order valence-electron chi connectivity index (χ0n) is 7.32. The van der Waals surface area contributed by atoms with Crippen molar-refractivity contribution in [1.82, 2.24) is 0 Å². The van der Waals surface area contributed by atoms with Crippen molar-refractivity contribution >= 4 is 23.6 Å². The molecule has 69 valence electrons. The fraction of sp³-hybridized carbons (Fsp3) is 0.0909. The van der Waals surface area contributed by atoms with Gasteiger partial charge in [0.05, 0.1) is 4.86 Å². The number of fused-ring (bicyclic) bond motifs is 1. The first-order chi connectivity index (χ1) is 6.83. The van der Waals surface area contributed by atoms with Gasteiger partial charge >= 0.3 is 6.47 Å². The third kappa shape index (κ3) is 1.46. The van der Waals surface area contributed by atoms with E-state index in [-0.39, 0.29) is 0 Å². The van der Waals surface area contributed by atoms with Crippen LogP contribution in [0.2, 0.25) is 0 Å². The number of allylic oxidation sites excluding steroid dienone is 2. The average molecular weight is 203 g/mol. The second-order valence-corrected chi connectivity index (χ2v) is 3.35. The highest BCUT2D eigenvalue weighted by Gasteiger charge is 2.17. The first-order valence-electron chi connectivity index (χ1n) is 4.19. The van der Waals surface area contributed by atoms with E-state index in [1.54, 1.807) is 6.08 Å². The standard InChI is InChI=1S/C11H7O2S/c12-7-13-10-6-5-8-3-1-2-4-9(8)11(10)14/h1-4,6H,5H2. The third-order valence-corrected chi connectivity index (χ3v) is 2.57. The van der Waals surface area contributed by atoms with Gasteiger partial charge in [0.25, 0.3) is 0 Å². The van der Waals surface area contributed by atoms with Crippen LogP contribution in [0.5, 0.6) is 0 Å². The molecular formula is C11H7O2S. The van der Waals surface area contributed by atoms with Crippen molar-refractivity contribution in [2.75, 3.05) is 0 Å². The molecule has 0 fully saturated rings. The van der Waals surface area contributed by atoms with Crippen LogP contribution in [0.3, 0.4) is 0 Å². The largest absolute Gasteiger partial charge is 0.423 e. The summed E-state index contributed by atoms with van der Waals surface area (Å²) < 4.78 is 4.67. The van der Waals surface area contributed by atoms with Crippen molar-refractivity contribution in [2.45, 2.75) is 6.42 Å². The van der Waals surface area contributed by atoms with Crippen LogP contribution in [0.15, 0.2) is 36.1 Å². The topological polar surface area (TPSA) is 26.3 Å². The molecule has 2 rings (SSSR count). The lowest BCUT2D eigenvalue weighted by Gasteiger charge is -2.15. The van der Waals surface area contributed by atoms with Crippen molar-refractivity contribution in [1.29, 1.82) is 0 Å². The van der Waals surface area contributed by atoms with Gasteiger partial charge in [-0.15, -0.1) is 0 Å². The molecule has 0 atom stereocenters. The van der Waals surface area contributed by atoms with Gasteiger partial charge in [0, 0.05) is 0 Å². The van der Waals surface area contributed by atoms with Crippen molar-refractivity contribution in [3.63, 3.8) is 0 Å². The number of benzene rings is 1. The van der Waals surface area contributed by atoms with Crippen LogP contribution in [-0.2, 0) is 16.0 Å². The van der Waals surface area contributed by atoms with Crippen LogP contribution in [-0.4, -0.2) is 11.3 Å². The summed E-state index contributed by atoms with van der Waals surface area (Å²) in [5, 5.41) is 0. The summed E-state index contributed by atoms with van der Waals surface area (Å²) in [6.45, 7) is 1.39. The molecule has 1 aromatic rings. The second-order valence-electron chi connectivity index (χ2n) is 2.94. The average Bonchev–Trinajstić information content (AvgIpc) is 2.23. The molecule has 0 saturated carbocycles. The van der Waals surface area contributed by atoms with E-state index >= 15 is 0 Å². The zero-order valence-corrected chi connectivity index (χ0v) is 8.14.